The Balaban J connectivity index is 4.32. The number of hydrogen-bond acceptors (Lipinski definition) is 3. The number of carbonyl (C=O) groups excluding carboxylic acids is 2. The van der Waals surface area contributed by atoms with E-state index in [4.69, 9.17) is 4.74 Å². The maximum absolute atomic E-state index is 12.1. The fourth-order valence-corrected chi connectivity index (χ4v) is 2.28. The summed E-state index contributed by atoms with van der Waals surface area (Å²) in [4.78, 5) is 25.1. The average molecular weight is 271 g/mol. The summed E-state index contributed by atoms with van der Waals surface area (Å²) in [6.07, 6.45) is 1.49. The second-order valence-corrected chi connectivity index (χ2v) is 6.29. The van der Waals surface area contributed by atoms with Crippen molar-refractivity contribution in [2.24, 2.45) is 11.3 Å². The number of esters is 1. The van der Waals surface area contributed by atoms with Crippen LogP contribution in [0.3, 0.4) is 0 Å². The summed E-state index contributed by atoms with van der Waals surface area (Å²) >= 11 is 0. The fourth-order valence-electron chi connectivity index (χ4n) is 2.28. The van der Waals surface area contributed by atoms with Crippen LogP contribution in [0.4, 0.5) is 0 Å². The molecule has 0 aliphatic heterocycles. The third-order valence-corrected chi connectivity index (χ3v) is 2.84. The minimum Gasteiger partial charge on any atom is -0.465 e. The first kappa shape index (κ1) is 17.9. The Hall–Kier alpha value is -1.06. The van der Waals surface area contributed by atoms with Gasteiger partial charge in [-0.2, -0.15) is 0 Å². The summed E-state index contributed by atoms with van der Waals surface area (Å²) in [5.41, 5.74) is 0.220. The maximum Gasteiger partial charge on any atom is 0.325 e. The van der Waals surface area contributed by atoms with Crippen LogP contribution in [0, 0.1) is 11.3 Å². The quantitative estimate of drug-likeness (QED) is 0.669. The Morgan fingerprint density at radius 1 is 1.21 bits per heavy atom. The van der Waals surface area contributed by atoms with Gasteiger partial charge < -0.3 is 9.64 Å². The molecular formula is C15H29NO3. The molecule has 4 nitrogen and oxygen atoms in total. The van der Waals surface area contributed by atoms with Crippen LogP contribution in [-0.4, -0.2) is 36.5 Å². The molecule has 112 valence electrons. The molecule has 0 spiro atoms. The number of hydrogen-bond donors (Lipinski definition) is 0. The van der Waals surface area contributed by atoms with E-state index in [1.54, 1.807) is 11.8 Å². The molecule has 1 amide bonds. The highest BCUT2D eigenvalue weighted by molar-refractivity contribution is 5.82. The summed E-state index contributed by atoms with van der Waals surface area (Å²) in [7, 11) is 0. The van der Waals surface area contributed by atoms with Crippen LogP contribution in [0.15, 0.2) is 0 Å². The van der Waals surface area contributed by atoms with Gasteiger partial charge in [-0.25, -0.2) is 0 Å². The Kier molecular flexibility index (Phi) is 7.72. The van der Waals surface area contributed by atoms with Gasteiger partial charge in [0.1, 0.15) is 6.54 Å². The number of carbonyl (C=O) groups is 2. The summed E-state index contributed by atoms with van der Waals surface area (Å²) in [5.74, 6) is 0.0252. The highest BCUT2D eigenvalue weighted by atomic mass is 16.5. The second kappa shape index (κ2) is 8.18. The van der Waals surface area contributed by atoms with Crippen LogP contribution in [0.2, 0.25) is 0 Å². The molecule has 0 saturated heterocycles. The number of nitrogens with zero attached hydrogens (tertiary/aromatic N) is 1. The van der Waals surface area contributed by atoms with Crippen LogP contribution in [0.25, 0.3) is 0 Å². The molecule has 0 bridgehead atoms. The van der Waals surface area contributed by atoms with E-state index in [1.165, 1.54) is 0 Å². The van der Waals surface area contributed by atoms with Crippen molar-refractivity contribution in [1.29, 1.82) is 0 Å². The Labute approximate surface area is 117 Å². The third kappa shape index (κ3) is 8.62. The number of rotatable bonds is 7. The van der Waals surface area contributed by atoms with Crippen LogP contribution in [-0.2, 0) is 14.3 Å². The van der Waals surface area contributed by atoms with E-state index in [1.807, 2.05) is 6.92 Å². The lowest BCUT2D eigenvalue weighted by atomic mass is 9.84. The predicted octanol–water partition coefficient (Wildman–Crippen LogP) is 2.86. The number of ether oxygens (including phenoxy) is 1. The highest BCUT2D eigenvalue weighted by Crippen LogP contribution is 2.26. The van der Waals surface area contributed by atoms with Crippen LogP contribution in [0.1, 0.15) is 54.4 Å². The maximum atomic E-state index is 12.1. The van der Waals surface area contributed by atoms with Gasteiger partial charge in [0.05, 0.1) is 6.61 Å². The lowest BCUT2D eigenvalue weighted by Gasteiger charge is -2.25. The first-order valence-electron chi connectivity index (χ1n) is 7.13. The van der Waals surface area contributed by atoms with Crippen molar-refractivity contribution in [2.75, 3.05) is 19.7 Å². The van der Waals surface area contributed by atoms with Gasteiger partial charge >= 0.3 is 5.97 Å². The third-order valence-electron chi connectivity index (χ3n) is 2.84. The van der Waals surface area contributed by atoms with Crippen molar-refractivity contribution >= 4 is 11.9 Å². The Morgan fingerprint density at radius 2 is 1.79 bits per heavy atom. The zero-order valence-corrected chi connectivity index (χ0v) is 13.3. The molecule has 0 radical (unpaired) electrons. The van der Waals surface area contributed by atoms with Gasteiger partial charge in [0.15, 0.2) is 0 Å². The summed E-state index contributed by atoms with van der Waals surface area (Å²) in [6.45, 7) is 13.2. The SMILES string of the molecule is CCOC(=O)CN(CC)C(=O)CC(C)CC(C)(C)C. The fraction of sp³-hybridized carbons (Fsp3) is 0.867. The zero-order chi connectivity index (χ0) is 15.1. The second-order valence-electron chi connectivity index (χ2n) is 6.29. The first-order valence-corrected chi connectivity index (χ1v) is 7.13. The normalized spacial score (nSPS) is 12.9. The standard InChI is InChI=1S/C15H29NO3/c1-7-16(11-14(18)19-8-2)13(17)9-12(3)10-15(4,5)6/h12H,7-11H2,1-6H3. The Morgan fingerprint density at radius 3 is 2.21 bits per heavy atom. The van der Waals surface area contributed by atoms with Crippen LogP contribution < -0.4 is 0 Å². The van der Waals surface area contributed by atoms with Gasteiger partial charge in [-0.05, 0) is 31.6 Å². The van der Waals surface area contributed by atoms with Crippen LogP contribution in [0.5, 0.6) is 0 Å². The van der Waals surface area contributed by atoms with Gasteiger partial charge in [0.2, 0.25) is 5.91 Å². The molecular weight excluding hydrogens is 242 g/mol. The summed E-state index contributed by atoms with van der Waals surface area (Å²) < 4.78 is 4.88. The molecule has 0 aromatic carbocycles. The van der Waals surface area contributed by atoms with E-state index < -0.39 is 0 Å². The predicted molar refractivity (Wildman–Crippen MR) is 76.7 cm³/mol. The van der Waals surface area contributed by atoms with E-state index in [0.717, 1.165) is 6.42 Å². The molecule has 0 rings (SSSR count). The zero-order valence-electron chi connectivity index (χ0n) is 13.3. The van der Waals surface area contributed by atoms with E-state index in [-0.39, 0.29) is 23.8 Å². The average Bonchev–Trinajstić information content (AvgIpc) is 2.23. The van der Waals surface area contributed by atoms with Gasteiger partial charge in [-0.3, -0.25) is 9.59 Å². The van der Waals surface area contributed by atoms with Crippen molar-refractivity contribution in [1.82, 2.24) is 4.90 Å². The lowest BCUT2D eigenvalue weighted by Crippen LogP contribution is -2.37. The molecule has 4 heteroatoms. The summed E-state index contributed by atoms with van der Waals surface area (Å²) in [5, 5.41) is 0. The highest BCUT2D eigenvalue weighted by Gasteiger charge is 2.21. The molecule has 0 N–H and O–H groups in total. The van der Waals surface area contributed by atoms with Crippen molar-refractivity contribution in [3.8, 4) is 0 Å². The Bertz CT molecular complexity index is 294. The van der Waals surface area contributed by atoms with Crippen molar-refractivity contribution < 1.29 is 14.3 Å². The van der Waals surface area contributed by atoms with Gasteiger partial charge in [-0.1, -0.05) is 27.7 Å². The van der Waals surface area contributed by atoms with E-state index in [9.17, 15) is 9.59 Å². The first-order chi connectivity index (χ1) is 8.69. The van der Waals surface area contributed by atoms with Crippen molar-refractivity contribution in [2.45, 2.75) is 54.4 Å². The molecule has 0 aliphatic carbocycles. The topological polar surface area (TPSA) is 46.6 Å². The molecule has 0 saturated carbocycles. The largest absolute Gasteiger partial charge is 0.465 e. The van der Waals surface area contributed by atoms with E-state index >= 15 is 0 Å². The summed E-state index contributed by atoms with van der Waals surface area (Å²) in [6, 6.07) is 0. The minimum atomic E-state index is -0.332. The molecule has 0 heterocycles. The minimum absolute atomic E-state index is 0.0345. The monoisotopic (exact) mass is 271 g/mol. The molecule has 0 aromatic heterocycles. The van der Waals surface area contributed by atoms with Gasteiger partial charge in [0.25, 0.3) is 0 Å². The van der Waals surface area contributed by atoms with E-state index in [2.05, 4.69) is 27.7 Å². The smallest absolute Gasteiger partial charge is 0.325 e. The van der Waals surface area contributed by atoms with Gasteiger partial charge in [-0.15, -0.1) is 0 Å². The van der Waals surface area contributed by atoms with Crippen molar-refractivity contribution in [3.63, 3.8) is 0 Å². The lowest BCUT2D eigenvalue weighted by molar-refractivity contribution is -0.149. The molecule has 0 aliphatic rings. The number of amides is 1. The van der Waals surface area contributed by atoms with Crippen molar-refractivity contribution in [3.05, 3.63) is 0 Å². The molecule has 0 aromatic rings. The van der Waals surface area contributed by atoms with Crippen LogP contribution >= 0.6 is 0 Å². The number of likely N-dealkylation sites (N-methyl/N-ethyl adjacent to an activating group) is 1. The molecule has 1 atom stereocenters. The molecule has 0 fully saturated rings. The van der Waals surface area contributed by atoms with Gasteiger partial charge in [0, 0.05) is 13.0 Å². The molecule has 1 unspecified atom stereocenters. The molecule has 19 heavy (non-hydrogen) atoms. The van der Waals surface area contributed by atoms with E-state index in [0.29, 0.717) is 25.5 Å².